The van der Waals surface area contributed by atoms with Crippen LogP contribution in [0.25, 0.3) is 0 Å². The molecule has 0 radical (unpaired) electrons. The Hall–Kier alpha value is -5.68. The van der Waals surface area contributed by atoms with Gasteiger partial charge < -0.3 is 39.4 Å². The molecule has 17 heteroatoms. The van der Waals surface area contributed by atoms with Crippen LogP contribution in [0.4, 0.5) is 10.5 Å². The van der Waals surface area contributed by atoms with Crippen LogP contribution in [0.15, 0.2) is 75.4 Å². The fraction of sp³-hybridized carbons (Fsp3) is 0.294. The Morgan fingerprint density at radius 3 is 2.47 bits per heavy atom. The maximum atomic E-state index is 12.5. The standard InChI is InChI=1S/C34H36BrN5O11/c1-5-48-27-15-23(30-29(33(43)47-4)19(3)37-34(44)38-30)11-12-26(27)50-18-28(41)39-36-16-21-13-24(35)31(25(14-21)40(45)46)51-17-20-7-9-22(10-8-20)32(42)49-6-2/h7-16,28,30,39,41H,5-6,17-18H2,1-4H3,(H2,37,38,44)/b36-16+/t28-,30-/m1/s1. The van der Waals surface area contributed by atoms with Gasteiger partial charge in [-0.2, -0.15) is 5.10 Å². The number of nitro groups is 1. The highest BCUT2D eigenvalue weighted by Gasteiger charge is 2.32. The smallest absolute Gasteiger partial charge is 0.338 e. The molecule has 1 aliphatic heterocycles. The molecular weight excluding hydrogens is 734 g/mol. The Labute approximate surface area is 301 Å². The number of methoxy groups -OCH3 is 1. The Balaban J connectivity index is 1.39. The Bertz CT molecular complexity index is 1830. The van der Waals surface area contributed by atoms with Gasteiger partial charge in [-0.25, -0.2) is 14.4 Å². The summed E-state index contributed by atoms with van der Waals surface area (Å²) in [5.41, 5.74) is 4.67. The number of nitro benzene ring substituents is 1. The van der Waals surface area contributed by atoms with Crippen LogP contribution in [0.2, 0.25) is 0 Å². The summed E-state index contributed by atoms with van der Waals surface area (Å²) < 4.78 is 27.4. The lowest BCUT2D eigenvalue weighted by Crippen LogP contribution is -2.45. The fourth-order valence-electron chi connectivity index (χ4n) is 4.88. The first-order valence-electron chi connectivity index (χ1n) is 15.5. The van der Waals surface area contributed by atoms with Crippen molar-refractivity contribution in [3.8, 4) is 17.2 Å². The summed E-state index contributed by atoms with van der Waals surface area (Å²) >= 11 is 3.33. The largest absolute Gasteiger partial charge is 0.490 e. The number of aliphatic hydroxyl groups excluding tert-OH is 1. The Morgan fingerprint density at radius 2 is 1.80 bits per heavy atom. The number of carbonyl (C=O) groups excluding carboxylic acids is 3. The van der Waals surface area contributed by atoms with E-state index in [0.29, 0.717) is 38.2 Å². The quantitative estimate of drug-likeness (QED) is 0.0517. The van der Waals surface area contributed by atoms with Crippen molar-refractivity contribution in [1.29, 1.82) is 0 Å². The van der Waals surface area contributed by atoms with E-state index in [9.17, 15) is 29.6 Å². The number of nitrogens with zero attached hydrogens (tertiary/aromatic N) is 2. The van der Waals surface area contributed by atoms with Gasteiger partial charge in [0.05, 0.1) is 53.1 Å². The zero-order valence-electron chi connectivity index (χ0n) is 28.1. The summed E-state index contributed by atoms with van der Waals surface area (Å²) in [4.78, 5) is 47.8. The van der Waals surface area contributed by atoms with Gasteiger partial charge in [-0.15, -0.1) is 0 Å². The molecule has 0 unspecified atom stereocenters. The summed E-state index contributed by atoms with van der Waals surface area (Å²) in [6, 6.07) is 12.9. The lowest BCUT2D eigenvalue weighted by atomic mass is 9.95. The number of ether oxygens (including phenoxy) is 5. The van der Waals surface area contributed by atoms with Gasteiger partial charge >= 0.3 is 23.7 Å². The van der Waals surface area contributed by atoms with Gasteiger partial charge in [0.15, 0.2) is 17.7 Å². The molecule has 4 rings (SSSR count). The molecule has 0 spiro atoms. The number of hydrogen-bond acceptors (Lipinski definition) is 13. The number of esters is 2. The molecule has 16 nitrogen and oxygen atoms in total. The number of allylic oxidation sites excluding steroid dienone is 1. The number of urea groups is 1. The number of rotatable bonds is 16. The molecule has 3 aromatic carbocycles. The highest BCUT2D eigenvalue weighted by atomic mass is 79.9. The Kier molecular flexibility index (Phi) is 13.3. The lowest BCUT2D eigenvalue weighted by molar-refractivity contribution is -0.386. The van der Waals surface area contributed by atoms with E-state index in [1.54, 1.807) is 69.3 Å². The molecule has 0 saturated carbocycles. The van der Waals surface area contributed by atoms with E-state index >= 15 is 0 Å². The number of carbonyl (C=O) groups is 3. The van der Waals surface area contributed by atoms with Crippen molar-refractivity contribution in [3.63, 3.8) is 0 Å². The number of nitrogens with one attached hydrogen (secondary N) is 3. The van der Waals surface area contributed by atoms with Gasteiger partial charge in [0.25, 0.3) is 0 Å². The second kappa shape index (κ2) is 17.8. The normalized spacial score (nSPS) is 14.6. The number of benzene rings is 3. The first-order chi connectivity index (χ1) is 24.4. The zero-order chi connectivity index (χ0) is 37.1. The molecule has 0 saturated heterocycles. The molecule has 0 bridgehead atoms. The van der Waals surface area contributed by atoms with Crippen molar-refractivity contribution in [3.05, 3.63) is 103 Å². The molecule has 0 fully saturated rings. The van der Waals surface area contributed by atoms with Gasteiger partial charge in [0.1, 0.15) is 13.2 Å². The van der Waals surface area contributed by atoms with Crippen molar-refractivity contribution >= 4 is 45.8 Å². The molecule has 3 aromatic rings. The predicted molar refractivity (Wildman–Crippen MR) is 186 cm³/mol. The van der Waals surface area contributed by atoms with Crippen LogP contribution in [0.1, 0.15) is 53.9 Å². The molecule has 2 amide bonds. The molecule has 4 N–H and O–H groups in total. The first kappa shape index (κ1) is 38.1. The molecule has 1 heterocycles. The maximum absolute atomic E-state index is 12.5. The number of amides is 2. The highest BCUT2D eigenvalue weighted by molar-refractivity contribution is 9.10. The van der Waals surface area contributed by atoms with Gasteiger partial charge in [-0.1, -0.05) is 18.2 Å². The molecule has 270 valence electrons. The topological polar surface area (TPSA) is 209 Å². The van der Waals surface area contributed by atoms with Crippen LogP contribution in [0.3, 0.4) is 0 Å². The minimum absolute atomic E-state index is 0.000607. The molecule has 0 aliphatic carbocycles. The van der Waals surface area contributed by atoms with Gasteiger partial charge in [-0.05, 0) is 78.2 Å². The number of aliphatic hydroxyl groups is 1. The van der Waals surface area contributed by atoms with E-state index in [1.807, 2.05) is 0 Å². The van der Waals surface area contributed by atoms with Gasteiger partial charge in [0.2, 0.25) is 5.75 Å². The van der Waals surface area contributed by atoms with Crippen LogP contribution < -0.4 is 30.3 Å². The number of hydrogen-bond donors (Lipinski definition) is 4. The van der Waals surface area contributed by atoms with Crippen LogP contribution in [-0.4, -0.2) is 67.4 Å². The fourth-order valence-corrected chi connectivity index (χ4v) is 5.46. The first-order valence-corrected chi connectivity index (χ1v) is 16.3. The van der Waals surface area contributed by atoms with E-state index in [2.05, 4.69) is 37.1 Å². The lowest BCUT2D eigenvalue weighted by Gasteiger charge is -2.28. The average Bonchev–Trinajstić information content (AvgIpc) is 3.10. The molecule has 51 heavy (non-hydrogen) atoms. The molecule has 1 aliphatic rings. The zero-order valence-corrected chi connectivity index (χ0v) is 29.6. The SMILES string of the molecule is CCOC(=O)c1ccc(COc2c(Br)cc(/C=N/N[C@H](O)COc3ccc([C@H]4NC(=O)NC(C)=C4C(=O)OC)cc3OCC)cc2[N+](=O)[O-])cc1. The van der Waals surface area contributed by atoms with E-state index in [-0.39, 0.29) is 49.2 Å². The summed E-state index contributed by atoms with van der Waals surface area (Å²) in [6.07, 6.45) is -0.0204. The number of halogens is 1. The van der Waals surface area contributed by atoms with Crippen molar-refractivity contribution in [2.45, 2.75) is 39.6 Å². The van der Waals surface area contributed by atoms with Crippen molar-refractivity contribution < 1.29 is 48.1 Å². The second-order valence-corrected chi connectivity index (χ2v) is 11.6. The third-order valence-electron chi connectivity index (χ3n) is 7.20. The maximum Gasteiger partial charge on any atom is 0.338 e. The van der Waals surface area contributed by atoms with Crippen molar-refractivity contribution in [2.24, 2.45) is 5.10 Å². The summed E-state index contributed by atoms with van der Waals surface area (Å²) in [7, 11) is 1.25. The molecule has 0 aromatic heterocycles. The third-order valence-corrected chi connectivity index (χ3v) is 7.79. The van der Waals surface area contributed by atoms with Crippen LogP contribution in [0, 0.1) is 10.1 Å². The summed E-state index contributed by atoms with van der Waals surface area (Å²) in [5.74, 6) is -0.489. The monoisotopic (exact) mass is 769 g/mol. The van der Waals surface area contributed by atoms with Gasteiger partial charge in [0, 0.05) is 17.3 Å². The van der Waals surface area contributed by atoms with E-state index < -0.39 is 35.2 Å². The van der Waals surface area contributed by atoms with Gasteiger partial charge in [-0.3, -0.25) is 15.5 Å². The Morgan fingerprint density at radius 1 is 1.06 bits per heavy atom. The predicted octanol–water partition coefficient (Wildman–Crippen LogP) is 4.63. The average molecular weight is 771 g/mol. The third kappa shape index (κ3) is 9.95. The van der Waals surface area contributed by atoms with Crippen molar-refractivity contribution in [2.75, 3.05) is 26.9 Å². The van der Waals surface area contributed by atoms with E-state index in [4.69, 9.17) is 23.7 Å². The van der Waals surface area contributed by atoms with Crippen LogP contribution in [-0.2, 0) is 20.9 Å². The van der Waals surface area contributed by atoms with Crippen LogP contribution >= 0.6 is 15.9 Å². The second-order valence-electron chi connectivity index (χ2n) is 10.7. The van der Waals surface area contributed by atoms with E-state index in [1.165, 1.54) is 19.4 Å². The summed E-state index contributed by atoms with van der Waals surface area (Å²) in [6.45, 7) is 5.33. The van der Waals surface area contributed by atoms with Crippen LogP contribution in [0.5, 0.6) is 17.2 Å². The number of hydrazone groups is 1. The minimum atomic E-state index is -1.30. The van der Waals surface area contributed by atoms with E-state index in [0.717, 1.165) is 0 Å². The molecular formula is C34H36BrN5O11. The molecule has 2 atom stereocenters. The highest BCUT2D eigenvalue weighted by Crippen LogP contribution is 2.37. The van der Waals surface area contributed by atoms with Crippen molar-refractivity contribution in [1.82, 2.24) is 16.1 Å². The summed E-state index contributed by atoms with van der Waals surface area (Å²) in [5, 5.41) is 31.6. The minimum Gasteiger partial charge on any atom is -0.490 e.